The maximum Gasteiger partial charge on any atom is 0.0670 e. The Morgan fingerprint density at radius 1 is 1.33 bits per heavy atom. The number of hydrogen-bond acceptors (Lipinski definition) is 2. The minimum absolute atomic E-state index is 0.489. The Kier molecular flexibility index (Phi) is 3.53. The van der Waals surface area contributed by atoms with Gasteiger partial charge in [-0.15, -0.1) is 0 Å². The van der Waals surface area contributed by atoms with Gasteiger partial charge in [-0.2, -0.15) is 5.10 Å². The summed E-state index contributed by atoms with van der Waals surface area (Å²) in [6.45, 7) is 7.22. The molecule has 0 radical (unpaired) electrons. The quantitative estimate of drug-likeness (QED) is 0.897. The van der Waals surface area contributed by atoms with Gasteiger partial charge in [0.1, 0.15) is 0 Å². The number of benzene rings is 1. The van der Waals surface area contributed by atoms with Gasteiger partial charge in [0.05, 0.1) is 11.7 Å². The average Bonchev–Trinajstić information content (AvgIpc) is 2.79. The standard InChI is InChI=1S/C15H21N3/c1-4-9-18-11-13(10-17-18)15(3,16)14-8-6-5-7-12(14)2/h5-8,10-11H,4,9,16H2,1-3H3. The van der Waals surface area contributed by atoms with Crippen LogP contribution < -0.4 is 5.73 Å². The molecule has 1 heterocycles. The molecule has 3 nitrogen and oxygen atoms in total. The minimum atomic E-state index is -0.489. The van der Waals surface area contributed by atoms with Crippen molar-refractivity contribution in [1.82, 2.24) is 9.78 Å². The fourth-order valence-corrected chi connectivity index (χ4v) is 2.29. The zero-order chi connectivity index (χ0) is 13.2. The lowest BCUT2D eigenvalue weighted by molar-refractivity contribution is 0.584. The van der Waals surface area contributed by atoms with Crippen LogP contribution in [0, 0.1) is 6.92 Å². The summed E-state index contributed by atoms with van der Waals surface area (Å²) in [5.41, 5.74) is 9.46. The fraction of sp³-hybridized carbons (Fsp3) is 0.400. The largest absolute Gasteiger partial charge is 0.318 e. The predicted molar refractivity (Wildman–Crippen MR) is 74.3 cm³/mol. The van der Waals surface area contributed by atoms with Gasteiger partial charge in [-0.05, 0) is 31.4 Å². The minimum Gasteiger partial charge on any atom is -0.318 e. The first-order valence-electron chi connectivity index (χ1n) is 6.43. The molecule has 0 bridgehead atoms. The first-order chi connectivity index (χ1) is 8.55. The van der Waals surface area contributed by atoms with Crippen LogP contribution in [0.3, 0.4) is 0 Å². The Bertz CT molecular complexity index is 526. The van der Waals surface area contributed by atoms with Crippen LogP contribution in [0.5, 0.6) is 0 Å². The van der Waals surface area contributed by atoms with Crippen molar-refractivity contribution in [3.63, 3.8) is 0 Å². The third-order valence-electron chi connectivity index (χ3n) is 3.39. The molecule has 3 heteroatoms. The number of aryl methyl sites for hydroxylation is 2. The van der Waals surface area contributed by atoms with Gasteiger partial charge >= 0.3 is 0 Å². The smallest absolute Gasteiger partial charge is 0.0670 e. The Labute approximate surface area is 109 Å². The summed E-state index contributed by atoms with van der Waals surface area (Å²) < 4.78 is 1.96. The van der Waals surface area contributed by atoms with E-state index in [0.29, 0.717) is 0 Å². The van der Waals surface area contributed by atoms with E-state index in [9.17, 15) is 0 Å². The number of aromatic nitrogens is 2. The van der Waals surface area contributed by atoms with Crippen LogP contribution in [0.15, 0.2) is 36.7 Å². The number of hydrogen-bond donors (Lipinski definition) is 1. The predicted octanol–water partition coefficient (Wildman–Crippen LogP) is 2.82. The summed E-state index contributed by atoms with van der Waals surface area (Å²) in [5, 5.41) is 4.36. The van der Waals surface area contributed by atoms with Crippen molar-refractivity contribution in [1.29, 1.82) is 0 Å². The molecule has 2 N–H and O–H groups in total. The summed E-state index contributed by atoms with van der Waals surface area (Å²) in [7, 11) is 0. The summed E-state index contributed by atoms with van der Waals surface area (Å²) >= 11 is 0. The van der Waals surface area contributed by atoms with Crippen LogP contribution in [0.1, 0.15) is 37.0 Å². The lowest BCUT2D eigenvalue weighted by Crippen LogP contribution is -2.34. The molecule has 2 aromatic rings. The highest BCUT2D eigenvalue weighted by Crippen LogP contribution is 2.28. The zero-order valence-corrected chi connectivity index (χ0v) is 11.4. The van der Waals surface area contributed by atoms with Gasteiger partial charge in [0, 0.05) is 18.3 Å². The second-order valence-electron chi connectivity index (χ2n) is 5.01. The number of nitrogens with zero attached hydrogens (tertiary/aromatic N) is 2. The molecule has 0 aliphatic carbocycles. The zero-order valence-electron chi connectivity index (χ0n) is 11.4. The van der Waals surface area contributed by atoms with E-state index in [2.05, 4.69) is 37.3 Å². The van der Waals surface area contributed by atoms with E-state index in [1.165, 1.54) is 5.56 Å². The molecular formula is C15H21N3. The molecule has 0 fully saturated rings. The van der Waals surface area contributed by atoms with E-state index < -0.39 is 5.54 Å². The first-order valence-corrected chi connectivity index (χ1v) is 6.43. The Morgan fingerprint density at radius 2 is 2.06 bits per heavy atom. The third-order valence-corrected chi connectivity index (χ3v) is 3.39. The van der Waals surface area contributed by atoms with Crippen molar-refractivity contribution in [3.05, 3.63) is 53.3 Å². The topological polar surface area (TPSA) is 43.8 Å². The Hall–Kier alpha value is -1.61. The summed E-state index contributed by atoms with van der Waals surface area (Å²) in [5.74, 6) is 0. The van der Waals surface area contributed by atoms with Crippen molar-refractivity contribution in [2.75, 3.05) is 0 Å². The Balaban J connectivity index is 2.38. The summed E-state index contributed by atoms with van der Waals surface area (Å²) in [6, 6.07) is 8.25. The molecule has 1 atom stereocenters. The molecule has 0 saturated carbocycles. The van der Waals surface area contributed by atoms with Crippen molar-refractivity contribution >= 4 is 0 Å². The van der Waals surface area contributed by atoms with Gasteiger partial charge in [-0.1, -0.05) is 31.2 Å². The van der Waals surface area contributed by atoms with Crippen LogP contribution in [0.4, 0.5) is 0 Å². The molecule has 1 unspecified atom stereocenters. The van der Waals surface area contributed by atoms with E-state index in [-0.39, 0.29) is 0 Å². The fourth-order valence-electron chi connectivity index (χ4n) is 2.29. The molecule has 1 aromatic carbocycles. The van der Waals surface area contributed by atoms with Gasteiger partial charge in [-0.25, -0.2) is 0 Å². The van der Waals surface area contributed by atoms with E-state index in [1.54, 1.807) is 0 Å². The second kappa shape index (κ2) is 4.94. The molecule has 18 heavy (non-hydrogen) atoms. The highest BCUT2D eigenvalue weighted by Gasteiger charge is 2.26. The highest BCUT2D eigenvalue weighted by molar-refractivity contribution is 5.39. The van der Waals surface area contributed by atoms with E-state index in [1.807, 2.05) is 29.9 Å². The molecule has 0 saturated heterocycles. The molecule has 0 spiro atoms. The van der Waals surface area contributed by atoms with Crippen molar-refractivity contribution in [3.8, 4) is 0 Å². The molecule has 0 aliphatic rings. The number of nitrogens with two attached hydrogens (primary N) is 1. The first kappa shape index (κ1) is 12.8. The molecular weight excluding hydrogens is 222 g/mol. The van der Waals surface area contributed by atoms with Crippen LogP contribution >= 0.6 is 0 Å². The highest BCUT2D eigenvalue weighted by atomic mass is 15.3. The van der Waals surface area contributed by atoms with E-state index in [4.69, 9.17) is 5.73 Å². The Morgan fingerprint density at radius 3 is 2.72 bits per heavy atom. The maximum atomic E-state index is 6.52. The van der Waals surface area contributed by atoms with Gasteiger partial charge < -0.3 is 5.73 Å². The van der Waals surface area contributed by atoms with Crippen molar-refractivity contribution in [2.24, 2.45) is 5.73 Å². The van der Waals surface area contributed by atoms with Crippen LogP contribution in [-0.2, 0) is 12.1 Å². The molecule has 1 aromatic heterocycles. The lowest BCUT2D eigenvalue weighted by Gasteiger charge is -2.25. The number of rotatable bonds is 4. The summed E-state index contributed by atoms with van der Waals surface area (Å²) in [4.78, 5) is 0. The second-order valence-corrected chi connectivity index (χ2v) is 5.01. The molecule has 0 aliphatic heterocycles. The van der Waals surface area contributed by atoms with Crippen LogP contribution in [0.2, 0.25) is 0 Å². The lowest BCUT2D eigenvalue weighted by atomic mass is 9.85. The van der Waals surface area contributed by atoms with Crippen molar-refractivity contribution < 1.29 is 0 Å². The van der Waals surface area contributed by atoms with E-state index >= 15 is 0 Å². The normalized spacial score (nSPS) is 14.4. The van der Waals surface area contributed by atoms with Gasteiger partial charge in [0.2, 0.25) is 0 Å². The van der Waals surface area contributed by atoms with E-state index in [0.717, 1.165) is 24.1 Å². The molecule has 96 valence electrons. The van der Waals surface area contributed by atoms with Gasteiger partial charge in [0.15, 0.2) is 0 Å². The monoisotopic (exact) mass is 243 g/mol. The molecule has 2 rings (SSSR count). The maximum absolute atomic E-state index is 6.52. The van der Waals surface area contributed by atoms with Gasteiger partial charge in [0.25, 0.3) is 0 Å². The molecule has 0 amide bonds. The SMILES string of the molecule is CCCn1cc(C(C)(N)c2ccccc2C)cn1. The van der Waals surface area contributed by atoms with Crippen molar-refractivity contribution in [2.45, 2.75) is 39.3 Å². The third kappa shape index (κ3) is 2.31. The van der Waals surface area contributed by atoms with Gasteiger partial charge in [-0.3, -0.25) is 4.68 Å². The van der Waals surface area contributed by atoms with Crippen LogP contribution in [0.25, 0.3) is 0 Å². The average molecular weight is 243 g/mol. The van der Waals surface area contributed by atoms with Crippen LogP contribution in [-0.4, -0.2) is 9.78 Å². The summed E-state index contributed by atoms with van der Waals surface area (Å²) in [6.07, 6.45) is 5.00.